The van der Waals surface area contributed by atoms with Crippen LogP contribution in [0.25, 0.3) is 0 Å². The second-order valence-electron chi connectivity index (χ2n) is 9.36. The summed E-state index contributed by atoms with van der Waals surface area (Å²) in [5.74, 6) is -4.95. The van der Waals surface area contributed by atoms with Crippen molar-refractivity contribution in [3.63, 3.8) is 0 Å². The molecule has 2 aliphatic heterocycles. The van der Waals surface area contributed by atoms with Gasteiger partial charge in [0.2, 0.25) is 5.95 Å². The molecule has 2 fully saturated rings. The Hall–Kier alpha value is -2.63. The third-order valence-electron chi connectivity index (χ3n) is 7.32. The Morgan fingerprint density at radius 3 is 2.38 bits per heavy atom. The van der Waals surface area contributed by atoms with Gasteiger partial charge in [0, 0.05) is 30.6 Å². The number of benzene rings is 1. The molecule has 5 rings (SSSR count). The van der Waals surface area contributed by atoms with Gasteiger partial charge in [-0.3, -0.25) is 9.89 Å². The predicted molar refractivity (Wildman–Crippen MR) is 112 cm³/mol. The number of nitrogens with zero attached hydrogens (tertiary/aromatic N) is 5. The minimum atomic E-state index is -4.58. The minimum Gasteiger partial charge on any atom is -0.350 e. The highest BCUT2D eigenvalue weighted by molar-refractivity contribution is 5.35. The maximum atomic E-state index is 14.5. The molecule has 1 N–H and O–H groups in total. The number of aromatic nitrogens is 3. The Bertz CT molecular complexity index is 1070. The first-order chi connectivity index (χ1) is 16.2. The molecule has 0 amide bonds. The molecule has 6 nitrogen and oxygen atoms in total. The fraction of sp³-hybridized carbons (Fsp3) is 0.591. The van der Waals surface area contributed by atoms with Crippen LogP contribution in [0.2, 0.25) is 0 Å². The van der Waals surface area contributed by atoms with E-state index in [9.17, 15) is 26.3 Å². The highest BCUT2D eigenvalue weighted by Crippen LogP contribution is 2.45. The topological polar surface area (TPSA) is 58.3 Å². The normalized spacial score (nSPS) is 29.2. The molecule has 1 aromatic carbocycles. The van der Waals surface area contributed by atoms with Crippen LogP contribution in [-0.4, -0.2) is 58.4 Å². The van der Waals surface area contributed by atoms with Gasteiger partial charge in [-0.15, -0.1) is 5.10 Å². The van der Waals surface area contributed by atoms with Crippen molar-refractivity contribution in [1.29, 1.82) is 0 Å². The van der Waals surface area contributed by atoms with Gasteiger partial charge in [0.1, 0.15) is 11.9 Å². The van der Waals surface area contributed by atoms with Crippen molar-refractivity contribution in [1.82, 2.24) is 19.7 Å². The number of hydrogen-bond acceptors (Lipinski definition) is 5. The van der Waals surface area contributed by atoms with Crippen LogP contribution in [-0.2, 0) is 0 Å². The molecular weight excluding hydrogens is 462 g/mol. The van der Waals surface area contributed by atoms with Crippen molar-refractivity contribution < 1.29 is 26.3 Å². The number of nitrogens with one attached hydrogen (secondary N) is 1. The molecule has 2 bridgehead atoms. The van der Waals surface area contributed by atoms with E-state index < -0.39 is 35.6 Å². The Balaban J connectivity index is 1.47. The molecule has 1 aliphatic carbocycles. The number of piperidine rings is 1. The van der Waals surface area contributed by atoms with Crippen LogP contribution in [0.1, 0.15) is 49.0 Å². The number of likely N-dealkylation sites (tertiary alicyclic amines) is 1. The minimum absolute atomic E-state index is 0.00620. The van der Waals surface area contributed by atoms with Crippen LogP contribution in [0.15, 0.2) is 17.1 Å². The lowest BCUT2D eigenvalue weighted by molar-refractivity contribution is -0.175. The summed E-state index contributed by atoms with van der Waals surface area (Å²) in [6.07, 6.45) is -3.14. The predicted octanol–water partition coefficient (Wildman–Crippen LogP) is 4.50. The highest BCUT2D eigenvalue weighted by atomic mass is 19.4. The van der Waals surface area contributed by atoms with Crippen LogP contribution in [0.4, 0.5) is 32.3 Å². The Morgan fingerprint density at radius 1 is 1.03 bits per heavy atom. The van der Waals surface area contributed by atoms with Gasteiger partial charge in [-0.1, -0.05) is 6.07 Å². The van der Waals surface area contributed by atoms with Crippen molar-refractivity contribution in [3.8, 4) is 0 Å². The lowest BCUT2D eigenvalue weighted by Gasteiger charge is -2.37. The van der Waals surface area contributed by atoms with Gasteiger partial charge in [0.25, 0.3) is 0 Å². The molecule has 0 radical (unpaired) electrons. The quantitative estimate of drug-likeness (QED) is 0.384. The lowest BCUT2D eigenvalue weighted by atomic mass is 9.88. The van der Waals surface area contributed by atoms with Crippen LogP contribution in [0, 0.1) is 29.3 Å². The second kappa shape index (κ2) is 8.54. The van der Waals surface area contributed by atoms with E-state index in [1.807, 2.05) is 0 Å². The third kappa shape index (κ3) is 3.95. The largest absolute Gasteiger partial charge is 0.410 e. The van der Waals surface area contributed by atoms with Gasteiger partial charge in [-0.05, 0) is 50.3 Å². The summed E-state index contributed by atoms with van der Waals surface area (Å²) in [6, 6.07) is -0.101. The fourth-order valence-corrected chi connectivity index (χ4v) is 5.81. The summed E-state index contributed by atoms with van der Waals surface area (Å²) in [7, 11) is 0. The fourth-order valence-electron chi connectivity index (χ4n) is 5.81. The molecule has 3 heterocycles. The zero-order valence-corrected chi connectivity index (χ0v) is 18.2. The first kappa shape index (κ1) is 23.1. The molecular formula is C22H24F6N6. The van der Waals surface area contributed by atoms with Crippen LogP contribution in [0.3, 0.4) is 0 Å². The Labute approximate surface area is 192 Å². The number of halogens is 6. The molecule has 2 aromatic rings. The summed E-state index contributed by atoms with van der Waals surface area (Å²) in [6.45, 7) is 5.64. The molecule has 1 aromatic heterocycles. The van der Waals surface area contributed by atoms with Gasteiger partial charge >= 0.3 is 6.18 Å². The molecule has 34 heavy (non-hydrogen) atoms. The average Bonchev–Trinajstić information content (AvgIpc) is 3.29. The first-order valence-electron chi connectivity index (χ1n) is 11.2. The van der Waals surface area contributed by atoms with Gasteiger partial charge in [-0.2, -0.15) is 18.2 Å². The number of aliphatic imine (C=N–C) groups is 1. The Morgan fingerprint density at radius 2 is 1.74 bits per heavy atom. The standard InChI is InChI=1S/C22H24F6N6/c1-29-10-33-8-11-2-3-12(9-33)19(11)30-21-31-20-14(13-4-6-15(23)18(25)17(13)24)5-7-16(22(26,27)28)34(20)32-21/h4,6,11-12,14,16,19H,1-3,5,7-10H2,(H,30,32)/t11-,12?,14?,16?,19?/m0/s1. The summed E-state index contributed by atoms with van der Waals surface area (Å²) in [5.41, 5.74) is -0.231. The van der Waals surface area contributed by atoms with E-state index in [0.717, 1.165) is 42.7 Å². The summed E-state index contributed by atoms with van der Waals surface area (Å²) < 4.78 is 83.9. The molecule has 3 aliphatic rings. The zero-order chi connectivity index (χ0) is 24.2. The Kier molecular flexibility index (Phi) is 5.81. The molecule has 5 atom stereocenters. The number of hydrogen-bond donors (Lipinski definition) is 1. The van der Waals surface area contributed by atoms with Gasteiger partial charge in [0.15, 0.2) is 17.5 Å². The van der Waals surface area contributed by atoms with Gasteiger partial charge in [-0.25, -0.2) is 17.9 Å². The van der Waals surface area contributed by atoms with Crippen molar-refractivity contribution in [2.45, 2.75) is 49.9 Å². The third-order valence-corrected chi connectivity index (χ3v) is 7.32. The molecule has 0 spiro atoms. The van der Waals surface area contributed by atoms with Gasteiger partial charge in [0.05, 0.1) is 6.67 Å². The van der Waals surface area contributed by atoms with E-state index in [2.05, 4.69) is 32.0 Å². The van der Waals surface area contributed by atoms with E-state index in [4.69, 9.17) is 0 Å². The highest BCUT2D eigenvalue weighted by Gasteiger charge is 2.48. The number of anilines is 1. The smallest absolute Gasteiger partial charge is 0.350 e. The number of fused-ring (bicyclic) bond motifs is 3. The van der Waals surface area contributed by atoms with E-state index >= 15 is 0 Å². The SMILES string of the molecule is C=NCN1CC2CC[C@@H](C1)C2Nc1nc2n(n1)C(C(F)(F)F)CCC2c1ccc(F)c(F)c1F. The maximum absolute atomic E-state index is 14.5. The summed E-state index contributed by atoms with van der Waals surface area (Å²) in [5, 5.41) is 7.36. The van der Waals surface area contributed by atoms with Crippen LogP contribution in [0.5, 0.6) is 0 Å². The van der Waals surface area contributed by atoms with Crippen LogP contribution < -0.4 is 5.32 Å². The molecule has 12 heteroatoms. The van der Waals surface area contributed by atoms with E-state index in [1.54, 1.807) is 0 Å². The number of rotatable bonds is 5. The number of alkyl halides is 3. The van der Waals surface area contributed by atoms with Crippen LogP contribution >= 0.6 is 0 Å². The lowest BCUT2D eigenvalue weighted by Crippen LogP contribution is -2.48. The van der Waals surface area contributed by atoms with Crippen molar-refractivity contribution in [3.05, 3.63) is 41.0 Å². The van der Waals surface area contributed by atoms with E-state index in [0.29, 0.717) is 6.67 Å². The summed E-state index contributed by atoms with van der Waals surface area (Å²) >= 11 is 0. The van der Waals surface area contributed by atoms with E-state index in [-0.39, 0.29) is 48.1 Å². The monoisotopic (exact) mass is 486 g/mol. The van der Waals surface area contributed by atoms with Gasteiger partial charge < -0.3 is 5.32 Å². The van der Waals surface area contributed by atoms with Crippen molar-refractivity contribution in [2.75, 3.05) is 25.1 Å². The zero-order valence-electron chi connectivity index (χ0n) is 18.2. The second-order valence-corrected chi connectivity index (χ2v) is 9.36. The molecule has 4 unspecified atom stereocenters. The average molecular weight is 486 g/mol. The van der Waals surface area contributed by atoms with E-state index in [1.165, 1.54) is 0 Å². The molecule has 1 saturated heterocycles. The summed E-state index contributed by atoms with van der Waals surface area (Å²) in [4.78, 5) is 10.5. The molecule has 184 valence electrons. The van der Waals surface area contributed by atoms with Crippen molar-refractivity contribution in [2.24, 2.45) is 16.8 Å². The van der Waals surface area contributed by atoms with Crippen molar-refractivity contribution >= 4 is 12.7 Å². The first-order valence-corrected chi connectivity index (χ1v) is 11.2. The molecule has 1 saturated carbocycles. The maximum Gasteiger partial charge on any atom is 0.410 e.